The zero-order valence-corrected chi connectivity index (χ0v) is 10.4. The Morgan fingerprint density at radius 3 is 2.72 bits per heavy atom. The number of rotatable bonds is 3. The SMILES string of the molecule is Cl.NC(=O)c1cccc([C@H]2CCN[C@@H]2C(=O)O)c1. The Balaban J connectivity index is 0.00000162. The van der Waals surface area contributed by atoms with Gasteiger partial charge in [0, 0.05) is 11.5 Å². The molecule has 0 aliphatic carbocycles. The van der Waals surface area contributed by atoms with Crippen molar-refractivity contribution in [3.05, 3.63) is 35.4 Å². The molecule has 5 nitrogen and oxygen atoms in total. The van der Waals surface area contributed by atoms with Crippen molar-refractivity contribution in [1.29, 1.82) is 0 Å². The van der Waals surface area contributed by atoms with E-state index in [4.69, 9.17) is 10.8 Å². The van der Waals surface area contributed by atoms with Gasteiger partial charge in [0.05, 0.1) is 0 Å². The van der Waals surface area contributed by atoms with Crippen molar-refractivity contribution in [2.45, 2.75) is 18.4 Å². The number of amides is 1. The summed E-state index contributed by atoms with van der Waals surface area (Å²) in [6.45, 7) is 0.669. The molecule has 1 heterocycles. The minimum absolute atomic E-state index is 0. The van der Waals surface area contributed by atoms with Crippen LogP contribution >= 0.6 is 12.4 Å². The molecule has 0 aromatic heterocycles. The summed E-state index contributed by atoms with van der Waals surface area (Å²) in [4.78, 5) is 22.1. The van der Waals surface area contributed by atoms with Gasteiger partial charge in [0.25, 0.3) is 0 Å². The Hall–Kier alpha value is -1.59. The molecule has 1 aliphatic rings. The summed E-state index contributed by atoms with van der Waals surface area (Å²) in [6, 6.07) is 6.28. The van der Waals surface area contributed by atoms with Crippen molar-refractivity contribution >= 4 is 24.3 Å². The Labute approximate surface area is 111 Å². The highest BCUT2D eigenvalue weighted by Gasteiger charge is 2.33. The number of carboxylic acids is 1. The van der Waals surface area contributed by atoms with Gasteiger partial charge < -0.3 is 16.2 Å². The minimum atomic E-state index is -0.864. The molecule has 0 unspecified atom stereocenters. The fourth-order valence-corrected chi connectivity index (χ4v) is 2.24. The Kier molecular flexibility index (Phi) is 4.69. The molecule has 1 aromatic rings. The van der Waals surface area contributed by atoms with Gasteiger partial charge >= 0.3 is 5.97 Å². The van der Waals surface area contributed by atoms with Gasteiger partial charge in [-0.25, -0.2) is 0 Å². The molecule has 2 atom stereocenters. The van der Waals surface area contributed by atoms with Crippen LogP contribution in [0.15, 0.2) is 24.3 Å². The van der Waals surface area contributed by atoms with Crippen LogP contribution in [0.1, 0.15) is 28.3 Å². The molecule has 4 N–H and O–H groups in total. The molecular weight excluding hydrogens is 256 g/mol. The van der Waals surface area contributed by atoms with E-state index >= 15 is 0 Å². The third-order valence-corrected chi connectivity index (χ3v) is 3.09. The molecule has 1 aliphatic heterocycles. The number of halogens is 1. The summed E-state index contributed by atoms with van der Waals surface area (Å²) in [7, 11) is 0. The summed E-state index contributed by atoms with van der Waals surface area (Å²) < 4.78 is 0. The summed E-state index contributed by atoms with van der Waals surface area (Å²) in [5.74, 6) is -1.46. The summed E-state index contributed by atoms with van der Waals surface area (Å²) in [5.41, 5.74) is 6.47. The quantitative estimate of drug-likeness (QED) is 0.755. The fourth-order valence-electron chi connectivity index (χ4n) is 2.24. The van der Waals surface area contributed by atoms with E-state index in [0.29, 0.717) is 12.1 Å². The second-order valence-electron chi connectivity index (χ2n) is 4.15. The molecule has 2 rings (SSSR count). The number of aliphatic carboxylic acids is 1. The minimum Gasteiger partial charge on any atom is -0.480 e. The van der Waals surface area contributed by atoms with Crippen molar-refractivity contribution < 1.29 is 14.7 Å². The number of carboxylic acid groups (broad SMARTS) is 1. The lowest BCUT2D eigenvalue weighted by molar-refractivity contribution is -0.139. The van der Waals surface area contributed by atoms with Crippen LogP contribution in [0, 0.1) is 0 Å². The molecule has 0 saturated carbocycles. The van der Waals surface area contributed by atoms with E-state index in [-0.39, 0.29) is 18.3 Å². The molecule has 0 radical (unpaired) electrons. The van der Waals surface area contributed by atoms with Crippen LogP contribution < -0.4 is 11.1 Å². The topological polar surface area (TPSA) is 92.4 Å². The molecule has 98 valence electrons. The lowest BCUT2D eigenvalue weighted by Crippen LogP contribution is -2.34. The standard InChI is InChI=1S/C12H14N2O3.ClH/c13-11(15)8-3-1-2-7(6-8)9-4-5-14-10(9)12(16)17;/h1-3,6,9-10,14H,4-5H2,(H2,13,15)(H,16,17);1H/t9-,10+;/m1./s1. The summed E-state index contributed by atoms with van der Waals surface area (Å²) in [6.07, 6.45) is 0.749. The van der Waals surface area contributed by atoms with Crippen LogP contribution in [0.4, 0.5) is 0 Å². The number of primary amides is 1. The molecule has 1 amide bonds. The van der Waals surface area contributed by atoms with Gasteiger partial charge in [-0.3, -0.25) is 9.59 Å². The molecule has 1 fully saturated rings. The predicted molar refractivity (Wildman–Crippen MR) is 69.0 cm³/mol. The molecule has 6 heteroatoms. The second kappa shape index (κ2) is 5.84. The van der Waals surface area contributed by atoms with Crippen molar-refractivity contribution in [2.24, 2.45) is 5.73 Å². The number of benzene rings is 1. The van der Waals surface area contributed by atoms with Crippen molar-refractivity contribution in [1.82, 2.24) is 5.32 Å². The first-order chi connectivity index (χ1) is 8.09. The number of carbonyl (C=O) groups excluding carboxylic acids is 1. The largest absolute Gasteiger partial charge is 0.480 e. The highest BCUT2D eigenvalue weighted by molar-refractivity contribution is 5.93. The van der Waals surface area contributed by atoms with Crippen LogP contribution in [0.2, 0.25) is 0 Å². The van der Waals surface area contributed by atoms with E-state index in [9.17, 15) is 9.59 Å². The normalized spacial score (nSPS) is 22.2. The number of hydrogen-bond donors (Lipinski definition) is 3. The summed E-state index contributed by atoms with van der Waals surface area (Å²) >= 11 is 0. The maximum Gasteiger partial charge on any atom is 0.321 e. The van der Waals surface area contributed by atoms with Gasteiger partial charge in [-0.2, -0.15) is 0 Å². The lowest BCUT2D eigenvalue weighted by Gasteiger charge is -2.16. The smallest absolute Gasteiger partial charge is 0.321 e. The van der Waals surface area contributed by atoms with Crippen LogP contribution in [0.25, 0.3) is 0 Å². The lowest BCUT2D eigenvalue weighted by atomic mass is 9.91. The van der Waals surface area contributed by atoms with Crippen molar-refractivity contribution in [3.8, 4) is 0 Å². The third kappa shape index (κ3) is 2.80. The molecule has 1 aromatic carbocycles. The molecule has 0 spiro atoms. The predicted octanol–water partition coefficient (Wildman–Crippen LogP) is 0.737. The molecule has 0 bridgehead atoms. The van der Waals surface area contributed by atoms with Crippen LogP contribution in [-0.4, -0.2) is 29.6 Å². The first kappa shape index (κ1) is 14.5. The fraction of sp³-hybridized carbons (Fsp3) is 0.333. The van der Waals surface area contributed by atoms with E-state index in [1.165, 1.54) is 0 Å². The van der Waals surface area contributed by atoms with E-state index in [0.717, 1.165) is 12.0 Å². The maximum absolute atomic E-state index is 11.1. The number of hydrogen-bond acceptors (Lipinski definition) is 3. The first-order valence-corrected chi connectivity index (χ1v) is 5.45. The third-order valence-electron chi connectivity index (χ3n) is 3.09. The van der Waals surface area contributed by atoms with Gasteiger partial charge in [0.2, 0.25) is 5.91 Å². The zero-order chi connectivity index (χ0) is 12.4. The Bertz CT molecular complexity index is 464. The Morgan fingerprint density at radius 1 is 1.39 bits per heavy atom. The molecule has 1 saturated heterocycles. The van der Waals surface area contributed by atoms with Crippen LogP contribution in [-0.2, 0) is 4.79 Å². The van der Waals surface area contributed by atoms with Gasteiger partial charge in [0.15, 0.2) is 0 Å². The average molecular weight is 271 g/mol. The monoisotopic (exact) mass is 270 g/mol. The number of nitrogens with one attached hydrogen (secondary N) is 1. The second-order valence-corrected chi connectivity index (χ2v) is 4.15. The maximum atomic E-state index is 11.1. The van der Waals surface area contributed by atoms with Gasteiger partial charge in [-0.05, 0) is 30.7 Å². The van der Waals surface area contributed by atoms with E-state index < -0.39 is 17.9 Å². The number of carbonyl (C=O) groups is 2. The average Bonchev–Trinajstić information content (AvgIpc) is 2.78. The van der Waals surface area contributed by atoms with E-state index in [1.807, 2.05) is 6.07 Å². The molecular formula is C12H15ClN2O3. The number of nitrogens with two attached hydrogens (primary N) is 1. The van der Waals surface area contributed by atoms with Crippen molar-refractivity contribution in [2.75, 3.05) is 6.54 Å². The van der Waals surface area contributed by atoms with Gasteiger partial charge in [-0.1, -0.05) is 12.1 Å². The zero-order valence-electron chi connectivity index (χ0n) is 9.63. The van der Waals surface area contributed by atoms with Crippen molar-refractivity contribution in [3.63, 3.8) is 0 Å². The van der Waals surface area contributed by atoms with E-state index in [2.05, 4.69) is 5.32 Å². The summed E-state index contributed by atoms with van der Waals surface area (Å²) in [5, 5.41) is 12.0. The van der Waals surface area contributed by atoms with Gasteiger partial charge in [-0.15, -0.1) is 12.4 Å². The van der Waals surface area contributed by atoms with Crippen LogP contribution in [0.3, 0.4) is 0 Å². The Morgan fingerprint density at radius 2 is 2.11 bits per heavy atom. The van der Waals surface area contributed by atoms with E-state index in [1.54, 1.807) is 18.2 Å². The first-order valence-electron chi connectivity index (χ1n) is 5.45. The highest BCUT2D eigenvalue weighted by Crippen LogP contribution is 2.28. The van der Waals surface area contributed by atoms with Gasteiger partial charge in [0.1, 0.15) is 6.04 Å². The molecule has 18 heavy (non-hydrogen) atoms. The highest BCUT2D eigenvalue weighted by atomic mass is 35.5. The van der Waals surface area contributed by atoms with Crippen LogP contribution in [0.5, 0.6) is 0 Å².